The maximum atomic E-state index is 12.1. The number of hydrogen-bond acceptors (Lipinski definition) is 4. The predicted octanol–water partition coefficient (Wildman–Crippen LogP) is 0.307. The minimum Gasteiger partial charge on any atom is -0.353 e. The molecule has 0 radical (unpaired) electrons. The van der Waals surface area contributed by atoms with Gasteiger partial charge in [-0.05, 0) is 20.3 Å². The van der Waals surface area contributed by atoms with Crippen LogP contribution in [0.4, 0.5) is 0 Å². The first kappa shape index (κ1) is 15.0. The monoisotopic (exact) mass is 281 g/mol. The van der Waals surface area contributed by atoms with E-state index in [4.69, 9.17) is 4.84 Å². The average Bonchev–Trinajstić information content (AvgIpc) is 2.93. The number of allylic oxidation sites excluding steroid dienone is 1. The molecule has 6 heteroatoms. The van der Waals surface area contributed by atoms with Crippen molar-refractivity contribution < 1.29 is 14.4 Å². The van der Waals surface area contributed by atoms with Gasteiger partial charge in [0.25, 0.3) is 0 Å². The summed E-state index contributed by atoms with van der Waals surface area (Å²) in [5.74, 6) is -0.169. The molecule has 2 saturated heterocycles. The molecule has 0 aromatic rings. The van der Waals surface area contributed by atoms with Gasteiger partial charge in [0.2, 0.25) is 11.8 Å². The van der Waals surface area contributed by atoms with Crippen molar-refractivity contribution in [1.29, 1.82) is 0 Å². The zero-order valence-electron chi connectivity index (χ0n) is 12.2. The van der Waals surface area contributed by atoms with Crippen LogP contribution in [0.5, 0.6) is 0 Å². The van der Waals surface area contributed by atoms with E-state index in [0.717, 1.165) is 13.0 Å². The predicted molar refractivity (Wildman–Crippen MR) is 74.7 cm³/mol. The number of hydrogen-bond donors (Lipinski definition) is 1. The Morgan fingerprint density at radius 2 is 2.25 bits per heavy atom. The first-order valence-corrected chi connectivity index (χ1v) is 7.16. The van der Waals surface area contributed by atoms with E-state index >= 15 is 0 Å². The summed E-state index contributed by atoms with van der Waals surface area (Å²) in [5.41, 5.74) is 1.21. The Hall–Kier alpha value is -1.40. The van der Waals surface area contributed by atoms with Crippen LogP contribution in [-0.2, 0) is 14.4 Å². The van der Waals surface area contributed by atoms with Gasteiger partial charge in [-0.2, -0.15) is 0 Å². The summed E-state index contributed by atoms with van der Waals surface area (Å²) in [6.45, 7) is 7.39. The maximum Gasteiger partial charge on any atom is 0.248 e. The van der Waals surface area contributed by atoms with Gasteiger partial charge < -0.3 is 5.32 Å². The molecular weight excluding hydrogens is 258 g/mol. The molecule has 0 aliphatic carbocycles. The fourth-order valence-electron chi connectivity index (χ4n) is 2.41. The van der Waals surface area contributed by atoms with Gasteiger partial charge in [0.15, 0.2) is 0 Å². The Balaban J connectivity index is 1.97. The number of carbonyl (C=O) groups excluding carboxylic acids is 2. The molecule has 112 valence electrons. The molecule has 0 aromatic heterocycles. The van der Waals surface area contributed by atoms with E-state index in [-0.39, 0.29) is 18.2 Å². The molecule has 2 heterocycles. The van der Waals surface area contributed by atoms with Gasteiger partial charge in [-0.3, -0.25) is 19.3 Å². The summed E-state index contributed by atoms with van der Waals surface area (Å²) in [6, 6.07) is -0.393. The second-order valence-electron chi connectivity index (χ2n) is 5.47. The number of carbonyl (C=O) groups is 2. The van der Waals surface area contributed by atoms with E-state index in [1.165, 1.54) is 10.6 Å². The summed E-state index contributed by atoms with van der Waals surface area (Å²) in [4.78, 5) is 31.4. The van der Waals surface area contributed by atoms with Crippen LogP contribution >= 0.6 is 0 Å². The lowest BCUT2D eigenvalue weighted by Gasteiger charge is -2.34. The summed E-state index contributed by atoms with van der Waals surface area (Å²) < 4.78 is 0. The first-order valence-electron chi connectivity index (χ1n) is 7.16. The van der Waals surface area contributed by atoms with Crippen LogP contribution in [0.2, 0.25) is 0 Å². The van der Waals surface area contributed by atoms with E-state index in [9.17, 15) is 9.59 Å². The van der Waals surface area contributed by atoms with Crippen LogP contribution in [0.3, 0.4) is 0 Å². The fourth-order valence-corrected chi connectivity index (χ4v) is 2.41. The van der Waals surface area contributed by atoms with Gasteiger partial charge in [0.05, 0.1) is 25.6 Å². The maximum absolute atomic E-state index is 12.1. The quantitative estimate of drug-likeness (QED) is 0.753. The number of hydroxylamine groups is 2. The molecule has 0 aromatic carbocycles. The van der Waals surface area contributed by atoms with Crippen molar-refractivity contribution in [3.8, 4) is 0 Å². The van der Waals surface area contributed by atoms with Crippen molar-refractivity contribution in [2.75, 3.05) is 32.8 Å². The zero-order chi connectivity index (χ0) is 14.5. The molecule has 6 nitrogen and oxygen atoms in total. The van der Waals surface area contributed by atoms with E-state index < -0.39 is 6.04 Å². The van der Waals surface area contributed by atoms with Crippen LogP contribution < -0.4 is 5.32 Å². The molecule has 0 saturated carbocycles. The Labute approximate surface area is 119 Å². The molecule has 0 spiro atoms. The van der Waals surface area contributed by atoms with Crippen molar-refractivity contribution >= 4 is 11.8 Å². The second kappa shape index (κ2) is 6.85. The number of nitrogens with one attached hydrogen (secondary N) is 1. The van der Waals surface area contributed by atoms with E-state index in [1.807, 2.05) is 13.8 Å². The van der Waals surface area contributed by atoms with Gasteiger partial charge in [-0.25, -0.2) is 5.06 Å². The minimum atomic E-state index is -0.393. The first-order chi connectivity index (χ1) is 9.58. The summed E-state index contributed by atoms with van der Waals surface area (Å²) in [5, 5.41) is 4.22. The topological polar surface area (TPSA) is 61.9 Å². The smallest absolute Gasteiger partial charge is 0.248 e. The van der Waals surface area contributed by atoms with Crippen molar-refractivity contribution in [3.05, 3.63) is 11.6 Å². The summed E-state index contributed by atoms with van der Waals surface area (Å²) in [7, 11) is 0. The van der Waals surface area contributed by atoms with E-state index in [1.54, 1.807) is 0 Å². The highest BCUT2D eigenvalue weighted by molar-refractivity contribution is 5.88. The van der Waals surface area contributed by atoms with Crippen LogP contribution in [0.25, 0.3) is 0 Å². The Kier molecular flexibility index (Phi) is 5.14. The van der Waals surface area contributed by atoms with Gasteiger partial charge in [-0.1, -0.05) is 11.6 Å². The fraction of sp³-hybridized carbons (Fsp3) is 0.714. The minimum absolute atomic E-state index is 0.0639. The number of piperazine rings is 1. The lowest BCUT2D eigenvalue weighted by molar-refractivity contribution is -0.171. The molecule has 1 N–H and O–H groups in total. The molecule has 20 heavy (non-hydrogen) atoms. The Morgan fingerprint density at radius 3 is 2.90 bits per heavy atom. The standard InChI is InChI=1S/C14H23N3O3/c1-11(2)4-7-16-8-5-15-14(19)12(16)10-13(18)17-6-3-9-20-17/h4,12H,3,5-10H2,1-2H3,(H,15,19)/t12-/m1/s1. The van der Waals surface area contributed by atoms with Crippen LogP contribution in [-0.4, -0.2) is 60.6 Å². The molecule has 0 unspecified atom stereocenters. The third kappa shape index (κ3) is 3.80. The molecule has 2 amide bonds. The summed E-state index contributed by atoms with van der Waals surface area (Å²) >= 11 is 0. The van der Waals surface area contributed by atoms with Gasteiger partial charge in [-0.15, -0.1) is 0 Å². The van der Waals surface area contributed by atoms with Crippen LogP contribution in [0.15, 0.2) is 11.6 Å². The van der Waals surface area contributed by atoms with Crippen molar-refractivity contribution in [3.63, 3.8) is 0 Å². The zero-order valence-corrected chi connectivity index (χ0v) is 12.2. The lowest BCUT2D eigenvalue weighted by Crippen LogP contribution is -2.56. The highest BCUT2D eigenvalue weighted by Gasteiger charge is 2.33. The SMILES string of the molecule is CC(C)=CCN1CCNC(=O)[C@H]1CC(=O)N1CCCO1. The van der Waals surface area contributed by atoms with Crippen LogP contribution in [0.1, 0.15) is 26.7 Å². The van der Waals surface area contributed by atoms with E-state index in [2.05, 4.69) is 16.3 Å². The highest BCUT2D eigenvalue weighted by atomic mass is 16.7. The number of nitrogens with zero attached hydrogens (tertiary/aromatic N) is 2. The van der Waals surface area contributed by atoms with E-state index in [0.29, 0.717) is 26.2 Å². The highest BCUT2D eigenvalue weighted by Crippen LogP contribution is 2.14. The normalized spacial score (nSPS) is 23.6. The van der Waals surface area contributed by atoms with Gasteiger partial charge in [0, 0.05) is 19.6 Å². The molecule has 2 aliphatic rings. The Bertz CT molecular complexity index is 398. The molecule has 2 aliphatic heterocycles. The van der Waals surface area contributed by atoms with Crippen LogP contribution in [0, 0.1) is 0 Å². The van der Waals surface area contributed by atoms with Crippen molar-refractivity contribution in [2.45, 2.75) is 32.7 Å². The third-order valence-corrected chi connectivity index (χ3v) is 3.57. The van der Waals surface area contributed by atoms with Crippen molar-refractivity contribution in [1.82, 2.24) is 15.3 Å². The molecule has 1 atom stereocenters. The van der Waals surface area contributed by atoms with Gasteiger partial charge in [0.1, 0.15) is 0 Å². The largest absolute Gasteiger partial charge is 0.353 e. The second-order valence-corrected chi connectivity index (χ2v) is 5.47. The molecule has 2 rings (SSSR count). The number of amides is 2. The third-order valence-electron chi connectivity index (χ3n) is 3.57. The Morgan fingerprint density at radius 1 is 1.45 bits per heavy atom. The lowest BCUT2D eigenvalue weighted by atomic mass is 10.1. The van der Waals surface area contributed by atoms with Gasteiger partial charge >= 0.3 is 0 Å². The molecular formula is C14H23N3O3. The number of rotatable bonds is 4. The molecule has 0 bridgehead atoms. The average molecular weight is 281 g/mol. The van der Waals surface area contributed by atoms with Crippen molar-refractivity contribution in [2.24, 2.45) is 0 Å². The molecule has 2 fully saturated rings. The summed E-state index contributed by atoms with van der Waals surface area (Å²) in [6.07, 6.45) is 3.13.